The number of carbonyl (C=O) groups is 1. The van der Waals surface area contributed by atoms with E-state index in [1.807, 2.05) is 49.6 Å². The van der Waals surface area contributed by atoms with E-state index in [1.165, 1.54) is 11.6 Å². The van der Waals surface area contributed by atoms with E-state index in [2.05, 4.69) is 4.98 Å². The summed E-state index contributed by atoms with van der Waals surface area (Å²) < 4.78 is 16.5. The second kappa shape index (κ2) is 8.03. The van der Waals surface area contributed by atoms with Gasteiger partial charge in [0.05, 0.1) is 18.9 Å². The summed E-state index contributed by atoms with van der Waals surface area (Å²) in [5.41, 5.74) is 1.66. The molecule has 1 aromatic carbocycles. The molecule has 168 valence electrons. The van der Waals surface area contributed by atoms with Gasteiger partial charge in [0.2, 0.25) is 5.78 Å². The number of rotatable bonds is 6. The highest BCUT2D eigenvalue weighted by molar-refractivity contribution is 5.78. The van der Waals surface area contributed by atoms with Gasteiger partial charge in [0, 0.05) is 18.4 Å². The Morgan fingerprint density at radius 1 is 1.06 bits per heavy atom. The Morgan fingerprint density at radius 2 is 1.78 bits per heavy atom. The first kappa shape index (κ1) is 21.4. The molecule has 3 heterocycles. The molecule has 0 amide bonds. The lowest BCUT2D eigenvalue weighted by molar-refractivity contribution is -0.143. The highest BCUT2D eigenvalue weighted by Crippen LogP contribution is 2.29. The molecular weight excluding hydrogens is 414 g/mol. The molecule has 4 rings (SSSR count). The monoisotopic (exact) mass is 439 g/mol. The summed E-state index contributed by atoms with van der Waals surface area (Å²) in [6, 6.07) is 7.56. The second-order valence-corrected chi connectivity index (χ2v) is 7.36. The first-order chi connectivity index (χ1) is 15.3. The Kier molecular flexibility index (Phi) is 5.37. The zero-order chi connectivity index (χ0) is 23.2. The van der Waals surface area contributed by atoms with Gasteiger partial charge in [0.25, 0.3) is 5.56 Å². The van der Waals surface area contributed by atoms with Crippen molar-refractivity contribution >= 4 is 22.9 Å². The van der Waals surface area contributed by atoms with Gasteiger partial charge in [-0.3, -0.25) is 23.1 Å². The predicted molar refractivity (Wildman–Crippen MR) is 119 cm³/mol. The van der Waals surface area contributed by atoms with Crippen molar-refractivity contribution in [1.82, 2.24) is 23.1 Å². The number of nitrogens with zero attached hydrogens (tertiary/aromatic N) is 5. The highest BCUT2D eigenvalue weighted by Gasteiger charge is 2.25. The molecule has 0 aliphatic rings. The standard InChI is InChI=1S/C22H25N5O5/c1-6-31-16-11-9-8-10-15(16)26-13(3)14(4)27-18-19(23-21(26)27)24(5)22(30)25(20(18)29)12-17(28)32-7-2/h8-11H,6-7,12H2,1-5H3. The third-order valence-electron chi connectivity index (χ3n) is 5.52. The molecule has 4 aromatic rings. The number of esters is 1. The fourth-order valence-electron chi connectivity index (χ4n) is 3.93. The average molecular weight is 439 g/mol. The van der Waals surface area contributed by atoms with Crippen LogP contribution < -0.4 is 16.0 Å². The van der Waals surface area contributed by atoms with Gasteiger partial charge in [0.15, 0.2) is 11.2 Å². The Hall–Kier alpha value is -3.82. The maximum absolute atomic E-state index is 13.3. The number of hydrogen-bond acceptors (Lipinski definition) is 6. The third kappa shape index (κ3) is 3.10. The van der Waals surface area contributed by atoms with Crippen LogP contribution in [0, 0.1) is 13.8 Å². The molecule has 0 unspecified atom stereocenters. The van der Waals surface area contributed by atoms with E-state index in [4.69, 9.17) is 9.47 Å². The quantitative estimate of drug-likeness (QED) is 0.424. The van der Waals surface area contributed by atoms with Gasteiger partial charge in [-0.05, 0) is 39.8 Å². The maximum atomic E-state index is 13.3. The number of carbonyl (C=O) groups excluding carboxylic acids is 1. The van der Waals surface area contributed by atoms with Crippen LogP contribution in [-0.2, 0) is 23.1 Å². The van der Waals surface area contributed by atoms with Crippen LogP contribution in [0.2, 0.25) is 0 Å². The van der Waals surface area contributed by atoms with E-state index in [-0.39, 0.29) is 17.8 Å². The van der Waals surface area contributed by atoms with E-state index in [1.54, 1.807) is 11.3 Å². The number of fused-ring (bicyclic) bond motifs is 3. The summed E-state index contributed by atoms with van der Waals surface area (Å²) in [5, 5.41) is 0. The minimum atomic E-state index is -0.650. The normalized spacial score (nSPS) is 11.4. The van der Waals surface area contributed by atoms with E-state index in [0.717, 1.165) is 21.6 Å². The van der Waals surface area contributed by atoms with Gasteiger partial charge in [-0.15, -0.1) is 0 Å². The molecule has 0 N–H and O–H groups in total. The van der Waals surface area contributed by atoms with E-state index >= 15 is 0 Å². The van der Waals surface area contributed by atoms with Crippen molar-refractivity contribution in [2.24, 2.45) is 7.05 Å². The lowest BCUT2D eigenvalue weighted by Gasteiger charge is -2.12. The lowest BCUT2D eigenvalue weighted by Crippen LogP contribution is -2.41. The van der Waals surface area contributed by atoms with Gasteiger partial charge < -0.3 is 9.47 Å². The maximum Gasteiger partial charge on any atom is 0.333 e. The van der Waals surface area contributed by atoms with E-state index in [9.17, 15) is 14.4 Å². The molecule has 0 bridgehead atoms. The summed E-state index contributed by atoms with van der Waals surface area (Å²) in [7, 11) is 1.53. The van der Waals surface area contributed by atoms with Crippen LogP contribution in [0.1, 0.15) is 25.2 Å². The summed E-state index contributed by atoms with van der Waals surface area (Å²) >= 11 is 0. The molecule has 0 atom stereocenters. The van der Waals surface area contributed by atoms with Crippen molar-refractivity contribution in [2.75, 3.05) is 13.2 Å². The fraction of sp³-hybridized carbons (Fsp3) is 0.364. The number of benzene rings is 1. The van der Waals surface area contributed by atoms with E-state index < -0.39 is 23.8 Å². The van der Waals surface area contributed by atoms with Crippen molar-refractivity contribution in [3.05, 3.63) is 56.5 Å². The van der Waals surface area contributed by atoms with Crippen LogP contribution in [0.15, 0.2) is 33.9 Å². The summed E-state index contributed by atoms with van der Waals surface area (Å²) in [4.78, 5) is 42.8. The summed E-state index contributed by atoms with van der Waals surface area (Å²) in [6.45, 7) is 7.57. The van der Waals surface area contributed by atoms with Crippen LogP contribution >= 0.6 is 0 Å². The second-order valence-electron chi connectivity index (χ2n) is 7.36. The van der Waals surface area contributed by atoms with Crippen molar-refractivity contribution in [3.63, 3.8) is 0 Å². The van der Waals surface area contributed by atoms with Crippen molar-refractivity contribution in [1.29, 1.82) is 0 Å². The van der Waals surface area contributed by atoms with Crippen molar-refractivity contribution < 1.29 is 14.3 Å². The SMILES string of the molecule is CCOC(=O)Cn1c(=O)c2c(nc3n(-c4ccccc4OCC)c(C)c(C)n23)n(C)c1=O. The fourth-order valence-corrected chi connectivity index (χ4v) is 3.93. The Balaban J connectivity index is 2.08. The molecule has 0 saturated heterocycles. The molecule has 0 aliphatic carbocycles. The largest absolute Gasteiger partial charge is 0.492 e. The zero-order valence-electron chi connectivity index (χ0n) is 18.7. The summed E-state index contributed by atoms with van der Waals surface area (Å²) in [5.74, 6) is 0.502. The van der Waals surface area contributed by atoms with Crippen LogP contribution in [0.3, 0.4) is 0 Å². The van der Waals surface area contributed by atoms with Gasteiger partial charge >= 0.3 is 11.7 Å². The van der Waals surface area contributed by atoms with Crippen LogP contribution in [0.5, 0.6) is 5.75 Å². The van der Waals surface area contributed by atoms with E-state index in [0.29, 0.717) is 18.1 Å². The Morgan fingerprint density at radius 3 is 2.47 bits per heavy atom. The zero-order valence-corrected chi connectivity index (χ0v) is 18.7. The molecule has 0 fully saturated rings. The van der Waals surface area contributed by atoms with Gasteiger partial charge in [-0.2, -0.15) is 4.98 Å². The van der Waals surface area contributed by atoms with Gasteiger partial charge in [0.1, 0.15) is 12.3 Å². The van der Waals surface area contributed by atoms with Gasteiger partial charge in [-0.25, -0.2) is 9.36 Å². The molecule has 0 aliphatic heterocycles. The number of aromatic nitrogens is 5. The molecule has 3 aromatic heterocycles. The van der Waals surface area contributed by atoms with Crippen LogP contribution in [0.25, 0.3) is 22.6 Å². The third-order valence-corrected chi connectivity index (χ3v) is 5.52. The summed E-state index contributed by atoms with van der Waals surface area (Å²) in [6.07, 6.45) is 0. The first-order valence-electron chi connectivity index (χ1n) is 10.4. The number of para-hydroxylation sites is 2. The molecular formula is C22H25N5O5. The Bertz CT molecular complexity index is 1470. The molecule has 0 spiro atoms. The number of aryl methyl sites for hydroxylation is 2. The minimum Gasteiger partial charge on any atom is -0.492 e. The first-order valence-corrected chi connectivity index (χ1v) is 10.4. The molecule has 10 heteroatoms. The van der Waals surface area contributed by atoms with Crippen molar-refractivity contribution in [2.45, 2.75) is 34.2 Å². The topological polar surface area (TPSA) is 102 Å². The Labute approximate surface area is 183 Å². The number of hydrogen-bond donors (Lipinski definition) is 0. The predicted octanol–water partition coefficient (Wildman–Crippen LogP) is 1.72. The molecule has 32 heavy (non-hydrogen) atoms. The van der Waals surface area contributed by atoms with Gasteiger partial charge in [-0.1, -0.05) is 12.1 Å². The molecule has 0 radical (unpaired) electrons. The van der Waals surface area contributed by atoms with Crippen LogP contribution in [0.4, 0.5) is 0 Å². The minimum absolute atomic E-state index is 0.160. The molecule has 10 nitrogen and oxygen atoms in total. The van der Waals surface area contributed by atoms with Crippen LogP contribution in [-0.4, -0.2) is 42.3 Å². The smallest absolute Gasteiger partial charge is 0.333 e. The number of ether oxygens (including phenoxy) is 2. The number of imidazole rings is 2. The van der Waals surface area contributed by atoms with Crippen molar-refractivity contribution in [3.8, 4) is 11.4 Å². The molecule has 0 saturated carbocycles. The highest BCUT2D eigenvalue weighted by atomic mass is 16.5. The average Bonchev–Trinajstić information content (AvgIpc) is 3.26. The lowest BCUT2D eigenvalue weighted by atomic mass is 10.2.